The Morgan fingerprint density at radius 2 is 1.50 bits per heavy atom. The number of hydrogen-bond donors (Lipinski definition) is 5. The minimum absolute atomic E-state index is 0.191. The minimum atomic E-state index is -1.13. The van der Waals surface area contributed by atoms with Crippen LogP contribution in [0.3, 0.4) is 0 Å². The molecule has 0 heterocycles. The predicted octanol–water partition coefficient (Wildman–Crippen LogP) is 1.98. The Labute approximate surface area is 247 Å². The van der Waals surface area contributed by atoms with Gasteiger partial charge in [0.1, 0.15) is 17.5 Å². The number of nitrogens with one attached hydrogen (secondary N) is 2. The molecule has 0 saturated carbocycles. The number of aryl methyl sites for hydroxylation is 2. The van der Waals surface area contributed by atoms with E-state index in [2.05, 4.69) is 10.6 Å². The van der Waals surface area contributed by atoms with Crippen molar-refractivity contribution in [3.05, 3.63) is 95.6 Å². The van der Waals surface area contributed by atoms with Gasteiger partial charge < -0.3 is 37.5 Å². The van der Waals surface area contributed by atoms with Crippen LogP contribution in [-0.2, 0) is 27.3 Å². The number of rotatable bonds is 16. The summed E-state index contributed by atoms with van der Waals surface area (Å²) in [5.41, 5.74) is 20.2. The third-order valence-electron chi connectivity index (χ3n) is 6.75. The number of carbonyl (C=O) groups is 3. The highest BCUT2D eigenvalue weighted by molar-refractivity contribution is 5.92. The highest BCUT2D eigenvalue weighted by Gasteiger charge is 2.26. The molecule has 0 aliphatic carbocycles. The number of nitrogens with two attached hydrogens (primary N) is 3. The maximum Gasteiger partial charge on any atom is 0.242 e. The fourth-order valence-corrected chi connectivity index (χ4v) is 4.37. The molecule has 0 aliphatic heterocycles. The number of para-hydroxylation sites is 1. The zero-order chi connectivity index (χ0) is 30.3. The number of hydrogen-bond acceptors (Lipinski definition) is 7. The first-order chi connectivity index (χ1) is 20.3. The van der Waals surface area contributed by atoms with Crippen molar-refractivity contribution in [3.8, 4) is 11.5 Å². The van der Waals surface area contributed by atoms with Crippen LogP contribution in [0.5, 0.6) is 11.5 Å². The summed E-state index contributed by atoms with van der Waals surface area (Å²) in [5, 5.41) is 5.69. The van der Waals surface area contributed by atoms with Gasteiger partial charge in [-0.25, -0.2) is 0 Å². The zero-order valence-corrected chi connectivity index (χ0v) is 24.1. The van der Waals surface area contributed by atoms with Gasteiger partial charge in [0, 0.05) is 38.3 Å². The molecular weight excluding hydrogens is 532 g/mol. The van der Waals surface area contributed by atoms with Crippen molar-refractivity contribution in [1.29, 1.82) is 0 Å². The molecule has 0 bridgehead atoms. The van der Waals surface area contributed by atoms with Gasteiger partial charge in [-0.15, -0.1) is 0 Å². The van der Waals surface area contributed by atoms with Crippen molar-refractivity contribution in [2.24, 2.45) is 17.2 Å². The highest BCUT2D eigenvalue weighted by Crippen LogP contribution is 2.25. The van der Waals surface area contributed by atoms with E-state index in [0.29, 0.717) is 37.4 Å². The molecule has 2 atom stereocenters. The van der Waals surface area contributed by atoms with Gasteiger partial charge in [0.15, 0.2) is 0 Å². The summed E-state index contributed by atoms with van der Waals surface area (Å²) in [5.74, 6) is 0.0407. The van der Waals surface area contributed by atoms with Crippen LogP contribution < -0.4 is 32.6 Å². The van der Waals surface area contributed by atoms with Crippen molar-refractivity contribution in [2.75, 3.05) is 26.2 Å². The maximum absolute atomic E-state index is 13.4. The van der Waals surface area contributed by atoms with Crippen molar-refractivity contribution in [2.45, 2.75) is 44.8 Å². The molecule has 0 aromatic heterocycles. The summed E-state index contributed by atoms with van der Waals surface area (Å²) in [7, 11) is 0. The van der Waals surface area contributed by atoms with Gasteiger partial charge in [0.2, 0.25) is 17.7 Å². The summed E-state index contributed by atoms with van der Waals surface area (Å²) in [6.45, 7) is 3.38. The quantitative estimate of drug-likeness (QED) is 0.174. The van der Waals surface area contributed by atoms with Gasteiger partial charge in [-0.2, -0.15) is 0 Å². The lowest BCUT2D eigenvalue weighted by atomic mass is 10.0. The number of benzene rings is 3. The number of carbonyl (C=O) groups excluding carboxylic acids is 3. The molecule has 224 valence electrons. The molecule has 8 N–H and O–H groups in total. The van der Waals surface area contributed by atoms with E-state index in [1.807, 2.05) is 85.8 Å². The molecule has 10 heteroatoms. The highest BCUT2D eigenvalue weighted by atomic mass is 16.5. The van der Waals surface area contributed by atoms with Crippen LogP contribution in [0, 0.1) is 6.92 Å². The van der Waals surface area contributed by atoms with Crippen LogP contribution in [0.25, 0.3) is 0 Å². The second-order valence-electron chi connectivity index (χ2n) is 10.1. The summed E-state index contributed by atoms with van der Waals surface area (Å²) in [6, 6.07) is 22.8. The smallest absolute Gasteiger partial charge is 0.242 e. The molecule has 0 saturated heterocycles. The normalized spacial score (nSPS) is 12.2. The maximum atomic E-state index is 13.4. The lowest BCUT2D eigenvalue weighted by Gasteiger charge is -2.24. The van der Waals surface area contributed by atoms with E-state index in [0.717, 1.165) is 16.7 Å². The molecule has 0 radical (unpaired) electrons. The van der Waals surface area contributed by atoms with Gasteiger partial charge in [0.05, 0.1) is 12.5 Å². The van der Waals surface area contributed by atoms with Gasteiger partial charge in [-0.1, -0.05) is 66.2 Å². The van der Waals surface area contributed by atoms with Gasteiger partial charge in [-0.3, -0.25) is 14.4 Å². The van der Waals surface area contributed by atoms with Gasteiger partial charge in [-0.05, 0) is 43.5 Å². The number of amides is 3. The summed E-state index contributed by atoms with van der Waals surface area (Å²) in [4.78, 5) is 40.6. The van der Waals surface area contributed by atoms with E-state index < -0.39 is 18.0 Å². The standard InChI is InChI=1S/C32H42N6O4/c1-23-11-14-26(15-12-23)42-29-10-6-5-9-25(29)22-36-32(41)28(16-13-24-7-3-2-4-8-24)37-31(40)27(35)21-30(39)38(19-17-33)20-18-34/h2-12,14-15,27-28H,13,16-22,33-35H2,1H3,(H,36,41)(H,37,40)/t27-,28-/m0/s1. The first kappa shape index (κ1) is 32.3. The Morgan fingerprint density at radius 3 is 2.17 bits per heavy atom. The van der Waals surface area contributed by atoms with Crippen molar-refractivity contribution < 1.29 is 19.1 Å². The third kappa shape index (κ3) is 10.3. The molecule has 3 aromatic rings. The number of nitrogens with zero attached hydrogens (tertiary/aromatic N) is 1. The van der Waals surface area contributed by atoms with Gasteiger partial charge in [0.25, 0.3) is 0 Å². The summed E-state index contributed by atoms with van der Waals surface area (Å²) in [6.07, 6.45) is 0.681. The first-order valence-electron chi connectivity index (χ1n) is 14.2. The van der Waals surface area contributed by atoms with Crippen molar-refractivity contribution in [1.82, 2.24) is 15.5 Å². The van der Waals surface area contributed by atoms with Crippen LogP contribution in [0.15, 0.2) is 78.9 Å². The average molecular weight is 575 g/mol. The molecule has 0 aliphatic rings. The second-order valence-corrected chi connectivity index (χ2v) is 10.1. The van der Waals surface area contributed by atoms with Crippen molar-refractivity contribution in [3.63, 3.8) is 0 Å². The molecule has 3 amide bonds. The van der Waals surface area contributed by atoms with E-state index in [1.54, 1.807) is 0 Å². The Bertz CT molecular complexity index is 1280. The Hall–Kier alpha value is -4.25. The fraction of sp³-hybridized carbons (Fsp3) is 0.344. The summed E-state index contributed by atoms with van der Waals surface area (Å²) < 4.78 is 6.06. The minimum Gasteiger partial charge on any atom is -0.457 e. The topological polar surface area (TPSA) is 166 Å². The molecular formula is C32H42N6O4. The molecule has 42 heavy (non-hydrogen) atoms. The lowest BCUT2D eigenvalue weighted by Crippen LogP contribution is -2.53. The third-order valence-corrected chi connectivity index (χ3v) is 6.75. The van der Waals surface area contributed by atoms with Crippen LogP contribution >= 0.6 is 0 Å². The van der Waals surface area contributed by atoms with Crippen LogP contribution in [0.4, 0.5) is 0 Å². The molecule has 3 aromatic carbocycles. The van der Waals surface area contributed by atoms with E-state index in [-0.39, 0.29) is 37.9 Å². The van der Waals surface area contributed by atoms with E-state index in [1.165, 1.54) is 4.90 Å². The molecule has 3 rings (SSSR count). The second kappa shape index (κ2) is 16.9. The molecule has 0 spiro atoms. The largest absolute Gasteiger partial charge is 0.457 e. The fourth-order valence-electron chi connectivity index (χ4n) is 4.37. The van der Waals surface area contributed by atoms with E-state index >= 15 is 0 Å². The SMILES string of the molecule is Cc1ccc(Oc2ccccc2CNC(=O)[C@H](CCc2ccccc2)NC(=O)[C@@H](N)CC(=O)N(CCN)CCN)cc1. The molecule has 10 nitrogen and oxygen atoms in total. The Kier molecular flexibility index (Phi) is 13.0. The Balaban J connectivity index is 1.67. The Morgan fingerprint density at radius 1 is 0.857 bits per heavy atom. The van der Waals surface area contributed by atoms with Crippen LogP contribution in [0.1, 0.15) is 29.5 Å². The van der Waals surface area contributed by atoms with Crippen LogP contribution in [-0.4, -0.2) is 60.9 Å². The number of ether oxygens (including phenoxy) is 1. The zero-order valence-electron chi connectivity index (χ0n) is 24.1. The average Bonchev–Trinajstić information content (AvgIpc) is 3.00. The predicted molar refractivity (Wildman–Crippen MR) is 164 cm³/mol. The first-order valence-corrected chi connectivity index (χ1v) is 14.2. The molecule has 0 fully saturated rings. The van der Waals surface area contributed by atoms with Gasteiger partial charge >= 0.3 is 0 Å². The van der Waals surface area contributed by atoms with E-state index in [9.17, 15) is 14.4 Å². The van der Waals surface area contributed by atoms with Crippen LogP contribution in [0.2, 0.25) is 0 Å². The molecule has 0 unspecified atom stereocenters. The summed E-state index contributed by atoms with van der Waals surface area (Å²) >= 11 is 0. The lowest BCUT2D eigenvalue weighted by molar-refractivity contribution is -0.135. The monoisotopic (exact) mass is 574 g/mol. The van der Waals surface area contributed by atoms with E-state index in [4.69, 9.17) is 21.9 Å². The van der Waals surface area contributed by atoms with Crippen molar-refractivity contribution >= 4 is 17.7 Å².